The summed E-state index contributed by atoms with van der Waals surface area (Å²) in [7, 11) is 0. The minimum Gasteiger partial charge on any atom is -0.379 e. The van der Waals surface area contributed by atoms with E-state index in [1.165, 1.54) is 0 Å². The van der Waals surface area contributed by atoms with Crippen LogP contribution >= 0.6 is 0 Å². The number of benzene rings is 1. The molecule has 0 amide bonds. The summed E-state index contributed by atoms with van der Waals surface area (Å²) < 4.78 is 5.40. The van der Waals surface area contributed by atoms with E-state index in [0.29, 0.717) is 18.2 Å². The Balaban J connectivity index is 1.86. The predicted octanol–water partition coefficient (Wildman–Crippen LogP) is 1.33. The summed E-state index contributed by atoms with van der Waals surface area (Å²) in [6, 6.07) is 10.1. The lowest BCUT2D eigenvalue weighted by Crippen LogP contribution is -2.49. The molecule has 0 aromatic heterocycles. The second-order valence-electron chi connectivity index (χ2n) is 5.88. The molecule has 2 rings (SSSR count). The van der Waals surface area contributed by atoms with Gasteiger partial charge in [-0.15, -0.1) is 0 Å². The first-order valence-electron chi connectivity index (χ1n) is 8.56. The van der Waals surface area contributed by atoms with Crippen molar-refractivity contribution in [2.45, 2.75) is 26.4 Å². The molecule has 1 heterocycles. The molecule has 6 heteroatoms. The minimum atomic E-state index is 0.438. The smallest absolute Gasteiger partial charge is 0.191 e. The molecule has 1 unspecified atom stereocenters. The van der Waals surface area contributed by atoms with Crippen LogP contribution in [-0.4, -0.2) is 56.3 Å². The molecule has 2 N–H and O–H groups in total. The van der Waals surface area contributed by atoms with E-state index >= 15 is 0 Å². The van der Waals surface area contributed by atoms with Gasteiger partial charge in [0, 0.05) is 32.2 Å². The van der Waals surface area contributed by atoms with Crippen molar-refractivity contribution in [1.82, 2.24) is 15.5 Å². The van der Waals surface area contributed by atoms with Crippen molar-refractivity contribution >= 4 is 5.96 Å². The predicted molar refractivity (Wildman–Crippen MR) is 95.8 cm³/mol. The Morgan fingerprint density at radius 3 is 2.62 bits per heavy atom. The van der Waals surface area contributed by atoms with Gasteiger partial charge in [-0.25, -0.2) is 4.99 Å². The van der Waals surface area contributed by atoms with Crippen molar-refractivity contribution in [2.24, 2.45) is 4.99 Å². The molecule has 1 aromatic rings. The monoisotopic (exact) mass is 329 g/mol. The molecule has 24 heavy (non-hydrogen) atoms. The van der Waals surface area contributed by atoms with Crippen LogP contribution in [0.3, 0.4) is 0 Å². The molecule has 0 radical (unpaired) electrons. The molecular formula is C18H27N5O. The molecule has 0 aliphatic carbocycles. The van der Waals surface area contributed by atoms with E-state index < -0.39 is 0 Å². The summed E-state index contributed by atoms with van der Waals surface area (Å²) in [6.45, 7) is 10.2. The number of morpholine rings is 1. The molecule has 1 saturated heterocycles. The third-order valence-corrected chi connectivity index (χ3v) is 4.08. The molecule has 0 spiro atoms. The van der Waals surface area contributed by atoms with Crippen molar-refractivity contribution in [3.63, 3.8) is 0 Å². The van der Waals surface area contributed by atoms with Gasteiger partial charge in [-0.05, 0) is 31.5 Å². The van der Waals surface area contributed by atoms with Crippen LogP contribution in [0.2, 0.25) is 0 Å². The first-order valence-corrected chi connectivity index (χ1v) is 8.56. The highest BCUT2D eigenvalue weighted by atomic mass is 16.5. The highest BCUT2D eigenvalue weighted by Gasteiger charge is 2.16. The van der Waals surface area contributed by atoms with Gasteiger partial charge < -0.3 is 15.4 Å². The molecule has 1 aliphatic heterocycles. The van der Waals surface area contributed by atoms with Gasteiger partial charge in [0.1, 0.15) is 0 Å². The average molecular weight is 329 g/mol. The van der Waals surface area contributed by atoms with Crippen LogP contribution in [0, 0.1) is 11.3 Å². The lowest BCUT2D eigenvalue weighted by atomic mass is 10.1. The largest absolute Gasteiger partial charge is 0.379 e. The van der Waals surface area contributed by atoms with Crippen LogP contribution in [-0.2, 0) is 11.3 Å². The number of rotatable bonds is 6. The van der Waals surface area contributed by atoms with E-state index in [0.717, 1.165) is 50.9 Å². The van der Waals surface area contributed by atoms with Gasteiger partial charge in [-0.3, -0.25) is 4.90 Å². The summed E-state index contributed by atoms with van der Waals surface area (Å²) in [5.74, 6) is 0.821. The fourth-order valence-electron chi connectivity index (χ4n) is 2.59. The topological polar surface area (TPSA) is 72.7 Å². The summed E-state index contributed by atoms with van der Waals surface area (Å²) in [6.07, 6.45) is 0. The number of hydrogen-bond acceptors (Lipinski definition) is 4. The maximum Gasteiger partial charge on any atom is 0.191 e. The van der Waals surface area contributed by atoms with Crippen molar-refractivity contribution in [3.05, 3.63) is 35.4 Å². The van der Waals surface area contributed by atoms with E-state index in [2.05, 4.69) is 40.4 Å². The van der Waals surface area contributed by atoms with Crippen LogP contribution in [0.5, 0.6) is 0 Å². The number of ether oxygens (including phenoxy) is 1. The van der Waals surface area contributed by atoms with Crippen molar-refractivity contribution in [2.75, 3.05) is 39.4 Å². The Hall–Kier alpha value is -2.10. The Bertz CT molecular complexity index is 558. The van der Waals surface area contributed by atoms with Crippen molar-refractivity contribution in [1.29, 1.82) is 5.26 Å². The minimum absolute atomic E-state index is 0.438. The third kappa shape index (κ3) is 5.84. The Morgan fingerprint density at radius 2 is 2.00 bits per heavy atom. The van der Waals surface area contributed by atoms with Gasteiger partial charge >= 0.3 is 0 Å². The van der Waals surface area contributed by atoms with Crippen LogP contribution in [0.15, 0.2) is 29.3 Å². The maximum atomic E-state index is 8.84. The number of nitrogens with zero attached hydrogens (tertiary/aromatic N) is 3. The first-order chi connectivity index (χ1) is 11.7. The maximum absolute atomic E-state index is 8.84. The Morgan fingerprint density at radius 1 is 1.29 bits per heavy atom. The Labute approximate surface area is 144 Å². The first kappa shape index (κ1) is 18.2. The third-order valence-electron chi connectivity index (χ3n) is 4.08. The van der Waals surface area contributed by atoms with Gasteiger partial charge in [0.2, 0.25) is 0 Å². The summed E-state index contributed by atoms with van der Waals surface area (Å²) in [5.41, 5.74) is 1.76. The zero-order chi connectivity index (χ0) is 17.2. The van der Waals surface area contributed by atoms with Gasteiger partial charge in [0.25, 0.3) is 0 Å². The fraction of sp³-hybridized carbons (Fsp3) is 0.556. The van der Waals surface area contributed by atoms with Gasteiger partial charge in [-0.2, -0.15) is 5.26 Å². The summed E-state index contributed by atoms with van der Waals surface area (Å²) in [5, 5.41) is 15.5. The molecule has 6 nitrogen and oxygen atoms in total. The molecule has 0 saturated carbocycles. The van der Waals surface area contributed by atoms with Gasteiger partial charge in [-0.1, -0.05) is 12.1 Å². The van der Waals surface area contributed by atoms with E-state index in [9.17, 15) is 0 Å². The van der Waals surface area contributed by atoms with Crippen LogP contribution in [0.4, 0.5) is 0 Å². The molecule has 1 atom stereocenters. The van der Waals surface area contributed by atoms with E-state index in [1.807, 2.05) is 24.3 Å². The van der Waals surface area contributed by atoms with E-state index in [-0.39, 0.29) is 0 Å². The number of aliphatic imine (C=N–C) groups is 1. The highest BCUT2D eigenvalue weighted by Crippen LogP contribution is 2.05. The second kappa shape index (κ2) is 9.91. The zero-order valence-electron chi connectivity index (χ0n) is 14.6. The summed E-state index contributed by atoms with van der Waals surface area (Å²) in [4.78, 5) is 7.06. The number of nitriles is 1. The van der Waals surface area contributed by atoms with Crippen LogP contribution in [0.1, 0.15) is 25.0 Å². The fourth-order valence-corrected chi connectivity index (χ4v) is 2.59. The number of guanidine groups is 1. The number of hydrogen-bond donors (Lipinski definition) is 2. The average Bonchev–Trinajstić information content (AvgIpc) is 2.65. The van der Waals surface area contributed by atoms with E-state index in [1.54, 1.807) is 0 Å². The lowest BCUT2D eigenvalue weighted by molar-refractivity contribution is 0.0211. The number of nitrogens with one attached hydrogen (secondary N) is 2. The zero-order valence-corrected chi connectivity index (χ0v) is 14.6. The van der Waals surface area contributed by atoms with Crippen molar-refractivity contribution in [3.8, 4) is 6.07 Å². The summed E-state index contributed by atoms with van der Waals surface area (Å²) >= 11 is 0. The van der Waals surface area contributed by atoms with Crippen LogP contribution in [0.25, 0.3) is 0 Å². The molecule has 0 bridgehead atoms. The lowest BCUT2D eigenvalue weighted by Gasteiger charge is -2.32. The quantitative estimate of drug-likeness (QED) is 0.608. The van der Waals surface area contributed by atoms with Gasteiger partial charge in [0.15, 0.2) is 5.96 Å². The van der Waals surface area contributed by atoms with E-state index in [4.69, 9.17) is 10.00 Å². The second-order valence-corrected chi connectivity index (χ2v) is 5.88. The normalized spacial score (nSPS) is 17.1. The van der Waals surface area contributed by atoms with Crippen molar-refractivity contribution < 1.29 is 4.74 Å². The van der Waals surface area contributed by atoms with Crippen LogP contribution < -0.4 is 10.6 Å². The molecule has 130 valence electrons. The Kier molecular flexibility index (Phi) is 7.53. The highest BCUT2D eigenvalue weighted by molar-refractivity contribution is 5.79. The molecule has 1 fully saturated rings. The molecule has 1 aromatic carbocycles. The molecular weight excluding hydrogens is 302 g/mol. The SMILES string of the molecule is CCNC(=NCc1ccc(C#N)cc1)NCC(C)N1CCOCC1. The van der Waals surface area contributed by atoms with Gasteiger partial charge in [0.05, 0.1) is 31.4 Å². The standard InChI is InChI=1S/C18H27N5O/c1-3-20-18(21-13-15(2)23-8-10-24-11-9-23)22-14-17-6-4-16(12-19)5-7-17/h4-7,15H,3,8-11,13-14H2,1-2H3,(H2,20,21,22). The molecule has 1 aliphatic rings.